The Balaban J connectivity index is 1.67. The summed E-state index contributed by atoms with van der Waals surface area (Å²) < 4.78 is 12.8. The maximum Gasteiger partial charge on any atom is 0.303 e. The van der Waals surface area contributed by atoms with Crippen molar-refractivity contribution in [1.29, 1.82) is 0 Å². The van der Waals surface area contributed by atoms with E-state index in [4.69, 9.17) is 5.11 Å². The first-order valence-corrected chi connectivity index (χ1v) is 6.83. The van der Waals surface area contributed by atoms with Crippen molar-refractivity contribution in [1.82, 2.24) is 5.32 Å². The van der Waals surface area contributed by atoms with E-state index < -0.39 is 5.97 Å². The van der Waals surface area contributed by atoms with Gasteiger partial charge in [0.1, 0.15) is 5.82 Å². The Kier molecular flexibility index (Phi) is 4.71. The Labute approximate surface area is 117 Å². The van der Waals surface area contributed by atoms with Gasteiger partial charge in [-0.15, -0.1) is 0 Å². The second-order valence-corrected chi connectivity index (χ2v) is 5.17. The molecular formula is C15H18FNO3. The molecule has 2 atom stereocenters. The minimum atomic E-state index is -0.830. The van der Waals surface area contributed by atoms with Crippen molar-refractivity contribution >= 4 is 11.9 Å². The summed E-state index contributed by atoms with van der Waals surface area (Å²) in [7, 11) is 0. The van der Waals surface area contributed by atoms with Crippen molar-refractivity contribution in [3.63, 3.8) is 0 Å². The monoisotopic (exact) mass is 279 g/mol. The normalized spacial score (nSPS) is 20.4. The lowest BCUT2D eigenvalue weighted by Crippen LogP contribution is -2.26. The maximum absolute atomic E-state index is 12.8. The number of carboxylic acid groups (broad SMARTS) is 1. The molecule has 0 saturated heterocycles. The highest BCUT2D eigenvalue weighted by Crippen LogP contribution is 2.40. The summed E-state index contributed by atoms with van der Waals surface area (Å²) in [5, 5.41) is 11.4. The molecule has 1 aromatic carbocycles. The highest BCUT2D eigenvalue weighted by molar-refractivity contribution is 5.77. The van der Waals surface area contributed by atoms with Crippen molar-refractivity contribution in [2.24, 2.45) is 0 Å². The molecule has 1 amide bonds. The van der Waals surface area contributed by atoms with Gasteiger partial charge in [-0.2, -0.15) is 0 Å². The summed E-state index contributed by atoms with van der Waals surface area (Å²) >= 11 is 0. The number of carbonyl (C=O) groups is 2. The van der Waals surface area contributed by atoms with E-state index in [1.807, 2.05) is 0 Å². The molecule has 1 fully saturated rings. The zero-order valence-electron chi connectivity index (χ0n) is 11.1. The Morgan fingerprint density at radius 1 is 1.20 bits per heavy atom. The molecule has 1 aromatic rings. The lowest BCUT2D eigenvalue weighted by atomic mass is 10.1. The van der Waals surface area contributed by atoms with Crippen LogP contribution in [0.15, 0.2) is 24.3 Å². The number of carbonyl (C=O) groups excluding carboxylic acids is 1. The number of unbranched alkanes of at least 4 members (excludes halogenated alkanes) is 1. The number of rotatable bonds is 7. The number of carboxylic acids is 1. The molecule has 0 unspecified atom stereocenters. The van der Waals surface area contributed by atoms with Gasteiger partial charge in [0, 0.05) is 24.8 Å². The first kappa shape index (κ1) is 14.5. The summed E-state index contributed by atoms with van der Waals surface area (Å²) in [6.07, 6.45) is 2.46. The molecular weight excluding hydrogens is 261 g/mol. The fraction of sp³-hybridized carbons (Fsp3) is 0.467. The van der Waals surface area contributed by atoms with Gasteiger partial charge in [0.25, 0.3) is 0 Å². The number of benzene rings is 1. The molecule has 5 heteroatoms. The van der Waals surface area contributed by atoms with Crippen molar-refractivity contribution in [3.8, 4) is 0 Å². The molecule has 2 N–H and O–H groups in total. The Bertz CT molecular complexity index is 486. The molecule has 2 rings (SSSR count). The average molecular weight is 279 g/mol. The van der Waals surface area contributed by atoms with E-state index in [-0.39, 0.29) is 30.1 Å². The molecule has 20 heavy (non-hydrogen) atoms. The molecule has 0 bridgehead atoms. The molecule has 0 radical (unpaired) electrons. The standard InChI is InChI=1S/C15H18FNO3/c16-11-7-5-10(6-8-11)12-9-13(12)17-14(18)3-1-2-4-15(19)20/h5-8,12-13H,1-4,9H2,(H,17,18)(H,19,20)/t12-,13+/m0/s1. The largest absolute Gasteiger partial charge is 0.481 e. The van der Waals surface area contributed by atoms with Crippen LogP contribution in [0.25, 0.3) is 0 Å². The fourth-order valence-corrected chi connectivity index (χ4v) is 2.27. The number of aliphatic carboxylic acids is 1. The summed E-state index contributed by atoms with van der Waals surface area (Å²) in [4.78, 5) is 22.0. The van der Waals surface area contributed by atoms with Crippen LogP contribution in [-0.2, 0) is 9.59 Å². The second-order valence-electron chi connectivity index (χ2n) is 5.17. The van der Waals surface area contributed by atoms with Gasteiger partial charge in [-0.1, -0.05) is 12.1 Å². The van der Waals surface area contributed by atoms with E-state index in [0.29, 0.717) is 19.3 Å². The van der Waals surface area contributed by atoms with Gasteiger partial charge >= 0.3 is 5.97 Å². The zero-order chi connectivity index (χ0) is 14.5. The predicted octanol–water partition coefficient (Wildman–Crippen LogP) is 2.44. The highest BCUT2D eigenvalue weighted by Gasteiger charge is 2.39. The zero-order valence-corrected chi connectivity index (χ0v) is 11.1. The van der Waals surface area contributed by atoms with Crippen LogP contribution in [0.4, 0.5) is 4.39 Å². The summed E-state index contributed by atoms with van der Waals surface area (Å²) in [6.45, 7) is 0. The molecule has 0 aliphatic heterocycles. The lowest BCUT2D eigenvalue weighted by molar-refractivity contribution is -0.137. The van der Waals surface area contributed by atoms with E-state index in [1.54, 1.807) is 12.1 Å². The van der Waals surface area contributed by atoms with Crippen molar-refractivity contribution < 1.29 is 19.1 Å². The van der Waals surface area contributed by atoms with E-state index in [9.17, 15) is 14.0 Å². The van der Waals surface area contributed by atoms with Crippen molar-refractivity contribution in [3.05, 3.63) is 35.6 Å². The number of amides is 1. The van der Waals surface area contributed by atoms with Crippen LogP contribution in [0.2, 0.25) is 0 Å². The van der Waals surface area contributed by atoms with E-state index in [1.165, 1.54) is 12.1 Å². The first-order chi connectivity index (χ1) is 9.56. The number of hydrogen-bond acceptors (Lipinski definition) is 2. The molecule has 1 aliphatic rings. The first-order valence-electron chi connectivity index (χ1n) is 6.83. The molecule has 1 aliphatic carbocycles. The third-order valence-corrected chi connectivity index (χ3v) is 3.48. The van der Waals surface area contributed by atoms with Crippen molar-refractivity contribution in [2.45, 2.75) is 44.1 Å². The second kappa shape index (κ2) is 6.50. The summed E-state index contributed by atoms with van der Waals surface area (Å²) in [5.74, 6) is -0.846. The van der Waals surface area contributed by atoms with Crippen LogP contribution in [-0.4, -0.2) is 23.0 Å². The molecule has 1 saturated carbocycles. The summed E-state index contributed by atoms with van der Waals surface area (Å²) in [5.41, 5.74) is 1.04. The van der Waals surface area contributed by atoms with Gasteiger partial charge in [-0.25, -0.2) is 4.39 Å². The third-order valence-electron chi connectivity index (χ3n) is 3.48. The van der Waals surface area contributed by atoms with Crippen LogP contribution in [0.5, 0.6) is 0 Å². The van der Waals surface area contributed by atoms with Crippen LogP contribution < -0.4 is 5.32 Å². The quantitative estimate of drug-likeness (QED) is 0.753. The van der Waals surface area contributed by atoms with Crippen LogP contribution in [0, 0.1) is 5.82 Å². The minimum absolute atomic E-state index is 0.0370. The number of halogens is 1. The fourth-order valence-electron chi connectivity index (χ4n) is 2.27. The average Bonchev–Trinajstić information content (AvgIpc) is 3.14. The molecule has 0 heterocycles. The Morgan fingerprint density at radius 2 is 1.85 bits per heavy atom. The van der Waals surface area contributed by atoms with E-state index in [0.717, 1.165) is 12.0 Å². The molecule has 0 spiro atoms. The van der Waals surface area contributed by atoms with Gasteiger partial charge < -0.3 is 10.4 Å². The predicted molar refractivity (Wildman–Crippen MR) is 71.8 cm³/mol. The smallest absolute Gasteiger partial charge is 0.303 e. The number of hydrogen-bond donors (Lipinski definition) is 2. The van der Waals surface area contributed by atoms with Gasteiger partial charge in [0.2, 0.25) is 5.91 Å². The SMILES string of the molecule is O=C(O)CCCCC(=O)N[C@@H]1C[C@H]1c1ccc(F)cc1. The molecule has 108 valence electrons. The Hall–Kier alpha value is -1.91. The minimum Gasteiger partial charge on any atom is -0.481 e. The topological polar surface area (TPSA) is 66.4 Å². The van der Waals surface area contributed by atoms with Gasteiger partial charge in [0.05, 0.1) is 0 Å². The van der Waals surface area contributed by atoms with Crippen LogP contribution >= 0.6 is 0 Å². The van der Waals surface area contributed by atoms with E-state index in [2.05, 4.69) is 5.32 Å². The van der Waals surface area contributed by atoms with Gasteiger partial charge in [-0.3, -0.25) is 9.59 Å². The highest BCUT2D eigenvalue weighted by atomic mass is 19.1. The number of nitrogens with one attached hydrogen (secondary N) is 1. The van der Waals surface area contributed by atoms with Gasteiger partial charge in [-0.05, 0) is 37.0 Å². The molecule has 4 nitrogen and oxygen atoms in total. The Morgan fingerprint density at radius 3 is 2.50 bits per heavy atom. The van der Waals surface area contributed by atoms with Crippen LogP contribution in [0.1, 0.15) is 43.6 Å². The maximum atomic E-state index is 12.8. The van der Waals surface area contributed by atoms with Gasteiger partial charge in [0.15, 0.2) is 0 Å². The third kappa shape index (κ3) is 4.33. The van der Waals surface area contributed by atoms with E-state index >= 15 is 0 Å². The lowest BCUT2D eigenvalue weighted by Gasteiger charge is -2.04. The molecule has 0 aromatic heterocycles. The van der Waals surface area contributed by atoms with Crippen molar-refractivity contribution in [2.75, 3.05) is 0 Å². The van der Waals surface area contributed by atoms with Crippen LogP contribution in [0.3, 0.4) is 0 Å². The summed E-state index contributed by atoms with van der Waals surface area (Å²) in [6, 6.07) is 6.49.